The van der Waals surface area contributed by atoms with Crippen LogP contribution in [0.15, 0.2) is 30.6 Å². The normalized spacial score (nSPS) is 11.4. The fraction of sp³-hybridized carbons (Fsp3) is 0.400. The lowest BCUT2D eigenvalue weighted by Crippen LogP contribution is -2.19. The highest BCUT2D eigenvalue weighted by Gasteiger charge is 2.16. The van der Waals surface area contributed by atoms with E-state index in [1.807, 2.05) is 19.0 Å². The van der Waals surface area contributed by atoms with Gasteiger partial charge in [0.25, 0.3) is 6.43 Å². The van der Waals surface area contributed by atoms with Gasteiger partial charge < -0.3 is 9.64 Å². The van der Waals surface area contributed by atoms with Crippen LogP contribution in [-0.4, -0.2) is 41.9 Å². The van der Waals surface area contributed by atoms with E-state index in [-0.39, 0.29) is 5.56 Å². The van der Waals surface area contributed by atoms with Crippen LogP contribution < -0.4 is 4.74 Å². The monoisotopic (exact) mass is 295 g/mol. The summed E-state index contributed by atoms with van der Waals surface area (Å²) in [5.74, 6) is 0.583. The zero-order valence-electron chi connectivity index (χ0n) is 12.4. The molecule has 21 heavy (non-hydrogen) atoms. The van der Waals surface area contributed by atoms with Crippen molar-refractivity contribution in [1.82, 2.24) is 14.7 Å². The standard InChI is InChI=1S/C15H19F2N3O/c1-19(2)6-7-21-12-4-5-13(15(16)17)14(8-12)11-9-18-20(3)10-11/h4-5,8-10,15H,6-7H2,1-3H3. The Kier molecular flexibility index (Phi) is 4.90. The van der Waals surface area contributed by atoms with E-state index in [0.29, 0.717) is 23.5 Å². The first-order valence-electron chi connectivity index (χ1n) is 6.66. The summed E-state index contributed by atoms with van der Waals surface area (Å²) < 4.78 is 33.5. The molecule has 4 nitrogen and oxygen atoms in total. The van der Waals surface area contributed by atoms with Crippen LogP contribution in [-0.2, 0) is 7.05 Å². The maximum Gasteiger partial charge on any atom is 0.264 e. The van der Waals surface area contributed by atoms with Crippen molar-refractivity contribution in [3.63, 3.8) is 0 Å². The van der Waals surface area contributed by atoms with Crippen molar-refractivity contribution in [2.45, 2.75) is 6.43 Å². The summed E-state index contributed by atoms with van der Waals surface area (Å²) in [4.78, 5) is 2.00. The number of alkyl halides is 2. The molecule has 0 saturated heterocycles. The summed E-state index contributed by atoms with van der Waals surface area (Å²) in [6, 6.07) is 4.64. The van der Waals surface area contributed by atoms with Crippen LogP contribution in [0.2, 0.25) is 0 Å². The first-order valence-corrected chi connectivity index (χ1v) is 6.66. The lowest BCUT2D eigenvalue weighted by molar-refractivity contribution is 0.152. The van der Waals surface area contributed by atoms with E-state index < -0.39 is 6.43 Å². The molecule has 0 aliphatic carbocycles. The minimum Gasteiger partial charge on any atom is -0.492 e. The van der Waals surface area contributed by atoms with E-state index >= 15 is 0 Å². The van der Waals surface area contributed by atoms with Crippen molar-refractivity contribution < 1.29 is 13.5 Å². The second-order valence-electron chi connectivity index (χ2n) is 5.10. The summed E-state index contributed by atoms with van der Waals surface area (Å²) in [5, 5.41) is 4.03. The third-order valence-corrected chi connectivity index (χ3v) is 3.08. The Morgan fingerprint density at radius 2 is 2.10 bits per heavy atom. The molecule has 0 radical (unpaired) electrons. The molecule has 0 amide bonds. The molecule has 0 unspecified atom stereocenters. The number of likely N-dealkylation sites (N-methyl/N-ethyl adjacent to an activating group) is 1. The van der Waals surface area contributed by atoms with Crippen LogP contribution in [0.5, 0.6) is 5.75 Å². The van der Waals surface area contributed by atoms with Gasteiger partial charge in [0.2, 0.25) is 0 Å². The minimum absolute atomic E-state index is 0.0111. The highest BCUT2D eigenvalue weighted by atomic mass is 19.3. The number of hydrogen-bond donors (Lipinski definition) is 0. The average Bonchev–Trinajstić information content (AvgIpc) is 2.84. The maximum atomic E-state index is 13.1. The number of halogens is 2. The molecular formula is C15H19F2N3O. The van der Waals surface area contributed by atoms with Gasteiger partial charge in [0.05, 0.1) is 6.20 Å². The Labute approximate surface area is 122 Å². The second kappa shape index (κ2) is 6.67. The zero-order valence-corrected chi connectivity index (χ0v) is 12.4. The van der Waals surface area contributed by atoms with Crippen LogP contribution in [0.4, 0.5) is 8.78 Å². The molecular weight excluding hydrogens is 276 g/mol. The van der Waals surface area contributed by atoms with Crippen LogP contribution >= 0.6 is 0 Å². The van der Waals surface area contributed by atoms with Crippen LogP contribution in [0.1, 0.15) is 12.0 Å². The topological polar surface area (TPSA) is 30.3 Å². The predicted molar refractivity (Wildman–Crippen MR) is 77.7 cm³/mol. The fourth-order valence-electron chi connectivity index (χ4n) is 1.97. The Balaban J connectivity index is 2.26. The summed E-state index contributed by atoms with van der Waals surface area (Å²) in [5.41, 5.74) is 1.11. The fourth-order valence-corrected chi connectivity index (χ4v) is 1.97. The maximum absolute atomic E-state index is 13.1. The number of benzene rings is 1. The Morgan fingerprint density at radius 3 is 2.67 bits per heavy atom. The van der Waals surface area contributed by atoms with Gasteiger partial charge in [-0.15, -0.1) is 0 Å². The molecule has 1 aromatic heterocycles. The molecule has 0 saturated carbocycles. The van der Waals surface area contributed by atoms with Gasteiger partial charge in [0.15, 0.2) is 0 Å². The highest BCUT2D eigenvalue weighted by molar-refractivity contribution is 5.68. The van der Waals surface area contributed by atoms with Gasteiger partial charge in [-0.1, -0.05) is 0 Å². The molecule has 2 aromatic rings. The molecule has 0 spiro atoms. The van der Waals surface area contributed by atoms with E-state index in [9.17, 15) is 8.78 Å². The van der Waals surface area contributed by atoms with Gasteiger partial charge in [-0.3, -0.25) is 4.68 Å². The van der Waals surface area contributed by atoms with Crippen LogP contribution in [0, 0.1) is 0 Å². The average molecular weight is 295 g/mol. The van der Waals surface area contributed by atoms with Crippen molar-refractivity contribution in [3.8, 4) is 16.9 Å². The number of hydrogen-bond acceptors (Lipinski definition) is 3. The van der Waals surface area contributed by atoms with Crippen molar-refractivity contribution in [1.29, 1.82) is 0 Å². The first kappa shape index (κ1) is 15.4. The number of rotatable bonds is 6. The van der Waals surface area contributed by atoms with E-state index in [1.54, 1.807) is 36.3 Å². The van der Waals surface area contributed by atoms with Gasteiger partial charge in [0.1, 0.15) is 12.4 Å². The molecule has 114 valence electrons. The first-order chi connectivity index (χ1) is 9.97. The number of aryl methyl sites for hydroxylation is 1. The SMILES string of the molecule is CN(C)CCOc1ccc(C(F)F)c(-c2cnn(C)c2)c1. The number of aromatic nitrogens is 2. The molecule has 0 N–H and O–H groups in total. The summed E-state index contributed by atoms with van der Waals surface area (Å²) in [6.45, 7) is 1.27. The third-order valence-electron chi connectivity index (χ3n) is 3.08. The molecule has 0 bridgehead atoms. The smallest absolute Gasteiger partial charge is 0.264 e. The number of nitrogens with zero attached hydrogens (tertiary/aromatic N) is 3. The molecule has 2 rings (SSSR count). The lowest BCUT2D eigenvalue weighted by Gasteiger charge is -2.13. The predicted octanol–water partition coefficient (Wildman–Crippen LogP) is 2.97. The zero-order chi connectivity index (χ0) is 15.4. The number of ether oxygens (including phenoxy) is 1. The molecule has 1 aromatic carbocycles. The summed E-state index contributed by atoms with van der Waals surface area (Å²) >= 11 is 0. The molecule has 0 aliphatic rings. The second-order valence-corrected chi connectivity index (χ2v) is 5.10. The summed E-state index contributed by atoms with van der Waals surface area (Å²) in [7, 11) is 5.65. The van der Waals surface area contributed by atoms with E-state index in [2.05, 4.69) is 5.10 Å². The van der Waals surface area contributed by atoms with Gasteiger partial charge >= 0.3 is 0 Å². The van der Waals surface area contributed by atoms with Gasteiger partial charge in [-0.25, -0.2) is 8.78 Å². The molecule has 0 fully saturated rings. The Hall–Kier alpha value is -1.95. The van der Waals surface area contributed by atoms with Crippen molar-refractivity contribution in [2.24, 2.45) is 7.05 Å². The molecule has 6 heteroatoms. The van der Waals surface area contributed by atoms with Crippen molar-refractivity contribution in [2.75, 3.05) is 27.2 Å². The van der Waals surface area contributed by atoms with E-state index in [4.69, 9.17) is 4.74 Å². The van der Waals surface area contributed by atoms with Gasteiger partial charge in [0, 0.05) is 30.9 Å². The van der Waals surface area contributed by atoms with E-state index in [1.165, 1.54) is 6.07 Å². The Morgan fingerprint density at radius 1 is 1.33 bits per heavy atom. The highest BCUT2D eigenvalue weighted by Crippen LogP contribution is 2.33. The van der Waals surface area contributed by atoms with Crippen molar-refractivity contribution >= 4 is 0 Å². The Bertz CT molecular complexity index is 596. The molecule has 1 heterocycles. The van der Waals surface area contributed by atoms with Crippen LogP contribution in [0.25, 0.3) is 11.1 Å². The summed E-state index contributed by atoms with van der Waals surface area (Å²) in [6.07, 6.45) is 0.756. The van der Waals surface area contributed by atoms with Crippen molar-refractivity contribution in [3.05, 3.63) is 36.2 Å². The lowest BCUT2D eigenvalue weighted by atomic mass is 10.0. The molecule has 0 aliphatic heterocycles. The largest absolute Gasteiger partial charge is 0.492 e. The minimum atomic E-state index is -2.53. The quantitative estimate of drug-likeness (QED) is 0.821. The van der Waals surface area contributed by atoms with Gasteiger partial charge in [-0.2, -0.15) is 5.10 Å². The van der Waals surface area contributed by atoms with Gasteiger partial charge in [-0.05, 0) is 37.9 Å². The third kappa shape index (κ3) is 4.01. The molecule has 0 atom stereocenters. The van der Waals surface area contributed by atoms with Crippen LogP contribution in [0.3, 0.4) is 0 Å². The van der Waals surface area contributed by atoms with E-state index in [0.717, 1.165) is 6.54 Å².